The van der Waals surface area contributed by atoms with Crippen molar-refractivity contribution in [3.8, 4) is 5.75 Å². The van der Waals surface area contributed by atoms with Gasteiger partial charge in [0.05, 0.1) is 13.2 Å². The normalized spacial score (nSPS) is 15.3. The van der Waals surface area contributed by atoms with Crippen molar-refractivity contribution >= 4 is 16.8 Å². The van der Waals surface area contributed by atoms with E-state index in [4.69, 9.17) is 4.74 Å². The molecule has 150 valence electrons. The van der Waals surface area contributed by atoms with Gasteiger partial charge >= 0.3 is 0 Å². The summed E-state index contributed by atoms with van der Waals surface area (Å²) in [5.74, 6) is 0.454. The van der Waals surface area contributed by atoms with E-state index in [0.717, 1.165) is 48.1 Å². The van der Waals surface area contributed by atoms with E-state index in [0.29, 0.717) is 6.54 Å². The minimum absolute atomic E-state index is 0.0619. The van der Waals surface area contributed by atoms with Crippen molar-refractivity contribution in [2.45, 2.75) is 18.9 Å². The number of para-hydroxylation sites is 1. The zero-order chi connectivity index (χ0) is 20.2. The number of benzene rings is 2. The largest absolute Gasteiger partial charge is 0.497 e. The second-order valence-corrected chi connectivity index (χ2v) is 7.34. The average Bonchev–Trinajstić information content (AvgIpc) is 3.28. The van der Waals surface area contributed by atoms with Crippen molar-refractivity contribution in [2.75, 3.05) is 26.7 Å². The molecule has 6 nitrogen and oxygen atoms in total. The zero-order valence-corrected chi connectivity index (χ0v) is 16.5. The monoisotopic (exact) mass is 391 g/mol. The maximum atomic E-state index is 12.8. The van der Waals surface area contributed by atoms with Gasteiger partial charge in [-0.3, -0.25) is 14.5 Å². The molecule has 0 radical (unpaired) electrons. The molecule has 0 bridgehead atoms. The first-order valence-electron chi connectivity index (χ1n) is 9.94. The SMILES string of the molecule is COc1ccc(C(CNC(=O)c2cc3ccccc3[nH]c2=O)N2CCCC2)cc1. The summed E-state index contributed by atoms with van der Waals surface area (Å²) < 4.78 is 5.26. The lowest BCUT2D eigenvalue weighted by molar-refractivity contribution is 0.0936. The number of fused-ring (bicyclic) bond motifs is 1. The third-order valence-corrected chi connectivity index (χ3v) is 5.54. The van der Waals surface area contributed by atoms with Gasteiger partial charge in [-0.05, 0) is 61.1 Å². The van der Waals surface area contributed by atoms with E-state index in [1.165, 1.54) is 0 Å². The van der Waals surface area contributed by atoms with Crippen LogP contribution in [0.25, 0.3) is 10.9 Å². The number of likely N-dealkylation sites (tertiary alicyclic amines) is 1. The number of nitrogens with one attached hydrogen (secondary N) is 2. The van der Waals surface area contributed by atoms with Crippen molar-refractivity contribution in [1.82, 2.24) is 15.2 Å². The number of amides is 1. The van der Waals surface area contributed by atoms with Gasteiger partial charge in [-0.1, -0.05) is 30.3 Å². The number of nitrogens with zero attached hydrogens (tertiary/aromatic N) is 1. The van der Waals surface area contributed by atoms with Crippen LogP contribution in [0.2, 0.25) is 0 Å². The summed E-state index contributed by atoms with van der Waals surface area (Å²) in [7, 11) is 1.65. The Bertz CT molecular complexity index is 1050. The number of carbonyl (C=O) groups excluding carboxylic acids is 1. The van der Waals surface area contributed by atoms with E-state index in [1.807, 2.05) is 48.5 Å². The highest BCUT2D eigenvalue weighted by atomic mass is 16.5. The predicted octanol–water partition coefficient (Wildman–Crippen LogP) is 3.10. The molecule has 1 aliphatic rings. The van der Waals surface area contributed by atoms with Crippen LogP contribution in [0.4, 0.5) is 0 Å². The second kappa shape index (κ2) is 8.49. The van der Waals surface area contributed by atoms with Gasteiger partial charge in [0.2, 0.25) is 0 Å². The highest BCUT2D eigenvalue weighted by molar-refractivity contribution is 5.97. The van der Waals surface area contributed by atoms with Gasteiger partial charge in [0, 0.05) is 12.1 Å². The van der Waals surface area contributed by atoms with Crippen LogP contribution in [-0.2, 0) is 0 Å². The average molecular weight is 391 g/mol. The lowest BCUT2D eigenvalue weighted by Crippen LogP contribution is -2.38. The molecule has 6 heteroatoms. The lowest BCUT2D eigenvalue weighted by Gasteiger charge is -2.28. The Morgan fingerprint density at radius 3 is 2.59 bits per heavy atom. The molecule has 29 heavy (non-hydrogen) atoms. The number of rotatable bonds is 6. The molecule has 1 saturated heterocycles. The number of H-pyrrole nitrogens is 1. The summed E-state index contributed by atoms with van der Waals surface area (Å²) in [4.78, 5) is 30.3. The van der Waals surface area contributed by atoms with E-state index in [9.17, 15) is 9.59 Å². The highest BCUT2D eigenvalue weighted by Crippen LogP contribution is 2.26. The second-order valence-electron chi connectivity index (χ2n) is 7.34. The summed E-state index contributed by atoms with van der Waals surface area (Å²) in [5, 5.41) is 3.81. The van der Waals surface area contributed by atoms with E-state index in [1.54, 1.807) is 13.2 Å². The van der Waals surface area contributed by atoms with E-state index < -0.39 is 0 Å². The maximum Gasteiger partial charge on any atom is 0.261 e. The van der Waals surface area contributed by atoms with Crippen molar-refractivity contribution in [2.24, 2.45) is 0 Å². The number of carbonyl (C=O) groups is 1. The molecule has 4 rings (SSSR count). The van der Waals surface area contributed by atoms with Crippen LogP contribution in [-0.4, -0.2) is 42.5 Å². The van der Waals surface area contributed by atoms with Crippen molar-refractivity contribution < 1.29 is 9.53 Å². The molecule has 0 aliphatic carbocycles. The third kappa shape index (κ3) is 4.17. The molecule has 1 unspecified atom stereocenters. The summed E-state index contributed by atoms with van der Waals surface area (Å²) in [5.41, 5.74) is 1.62. The molecule has 1 aromatic heterocycles. The maximum absolute atomic E-state index is 12.8. The molecule has 1 atom stereocenters. The van der Waals surface area contributed by atoms with Crippen molar-refractivity contribution in [3.63, 3.8) is 0 Å². The van der Waals surface area contributed by atoms with Crippen LogP contribution in [0.5, 0.6) is 5.75 Å². The van der Waals surface area contributed by atoms with Gasteiger partial charge in [-0.2, -0.15) is 0 Å². The smallest absolute Gasteiger partial charge is 0.261 e. The molecule has 0 saturated carbocycles. The highest BCUT2D eigenvalue weighted by Gasteiger charge is 2.24. The van der Waals surface area contributed by atoms with Gasteiger partial charge in [-0.15, -0.1) is 0 Å². The van der Waals surface area contributed by atoms with Crippen LogP contribution in [0.3, 0.4) is 0 Å². The standard InChI is InChI=1S/C23H25N3O3/c1-29-18-10-8-16(9-11-18)21(26-12-4-5-13-26)15-24-22(27)19-14-17-6-2-3-7-20(17)25-23(19)28/h2-3,6-11,14,21H,4-5,12-13,15H2,1H3,(H,24,27)(H,25,28). The van der Waals surface area contributed by atoms with E-state index in [-0.39, 0.29) is 23.1 Å². The molecule has 1 aliphatic heterocycles. The Morgan fingerprint density at radius 2 is 1.86 bits per heavy atom. The van der Waals surface area contributed by atoms with Gasteiger partial charge in [0.15, 0.2) is 0 Å². The quantitative estimate of drug-likeness (QED) is 0.677. The zero-order valence-electron chi connectivity index (χ0n) is 16.5. The van der Waals surface area contributed by atoms with Crippen molar-refractivity contribution in [1.29, 1.82) is 0 Å². The number of ether oxygens (including phenoxy) is 1. The summed E-state index contributed by atoms with van der Waals surface area (Å²) in [6, 6.07) is 17.1. The van der Waals surface area contributed by atoms with E-state index in [2.05, 4.69) is 15.2 Å². The first-order valence-corrected chi connectivity index (χ1v) is 9.94. The molecule has 3 aromatic rings. The Kier molecular flexibility index (Phi) is 5.62. The number of methoxy groups -OCH3 is 1. The molecule has 0 spiro atoms. The fourth-order valence-electron chi connectivity index (χ4n) is 3.94. The van der Waals surface area contributed by atoms with E-state index >= 15 is 0 Å². The Morgan fingerprint density at radius 1 is 1.14 bits per heavy atom. The van der Waals surface area contributed by atoms with Gasteiger partial charge in [0.1, 0.15) is 11.3 Å². The Balaban J connectivity index is 1.54. The topological polar surface area (TPSA) is 74.4 Å². The van der Waals surface area contributed by atoms with Crippen LogP contribution < -0.4 is 15.6 Å². The molecular formula is C23H25N3O3. The van der Waals surface area contributed by atoms with Crippen LogP contribution in [0, 0.1) is 0 Å². The lowest BCUT2D eigenvalue weighted by atomic mass is 10.0. The van der Waals surface area contributed by atoms with Crippen LogP contribution in [0.15, 0.2) is 59.4 Å². The van der Waals surface area contributed by atoms with Crippen molar-refractivity contribution in [3.05, 3.63) is 76.1 Å². The Labute approximate surface area is 169 Å². The van der Waals surface area contributed by atoms with Gasteiger partial charge in [-0.25, -0.2) is 0 Å². The molecule has 2 N–H and O–H groups in total. The number of aromatic amines is 1. The van der Waals surface area contributed by atoms with Gasteiger partial charge < -0.3 is 15.0 Å². The summed E-state index contributed by atoms with van der Waals surface area (Å²) >= 11 is 0. The minimum Gasteiger partial charge on any atom is -0.497 e. The molecule has 2 aromatic carbocycles. The minimum atomic E-state index is -0.372. The molecular weight excluding hydrogens is 366 g/mol. The molecule has 1 fully saturated rings. The predicted molar refractivity (Wildman–Crippen MR) is 113 cm³/mol. The Hall–Kier alpha value is -3.12. The molecule has 1 amide bonds. The molecule has 2 heterocycles. The first kappa shape index (κ1) is 19.2. The fraction of sp³-hybridized carbons (Fsp3) is 0.304. The fourth-order valence-corrected chi connectivity index (χ4v) is 3.94. The van der Waals surface area contributed by atoms with Crippen LogP contribution >= 0.6 is 0 Å². The number of hydrogen-bond acceptors (Lipinski definition) is 4. The summed E-state index contributed by atoms with van der Waals surface area (Å²) in [6.45, 7) is 2.45. The van der Waals surface area contributed by atoms with Gasteiger partial charge in [0.25, 0.3) is 11.5 Å². The summed E-state index contributed by atoms with van der Waals surface area (Å²) in [6.07, 6.45) is 2.32. The number of pyridine rings is 1. The third-order valence-electron chi connectivity index (χ3n) is 5.54. The van der Waals surface area contributed by atoms with Crippen LogP contribution in [0.1, 0.15) is 34.8 Å². The number of hydrogen-bond donors (Lipinski definition) is 2. The number of aromatic nitrogens is 1. The first-order chi connectivity index (χ1) is 14.2.